The fraction of sp³-hybridized carbons (Fsp3) is 0.526. The highest BCUT2D eigenvalue weighted by molar-refractivity contribution is 6.20. The van der Waals surface area contributed by atoms with Crippen molar-refractivity contribution in [1.82, 2.24) is 0 Å². The standard InChI is InChI=1S/C19H23ClO8/c1-11(21)24-10-15-16(26-12(2)22)17(18(19(20)28-15)27-13(3)23)25-9-14-7-5-4-6-8-14/h4-8,15-19H,9-10H2,1-3H3/t15-,16-,17+,18-,19+/m1/s1. The summed E-state index contributed by atoms with van der Waals surface area (Å²) >= 11 is 6.25. The van der Waals surface area contributed by atoms with E-state index in [-0.39, 0.29) is 13.2 Å². The van der Waals surface area contributed by atoms with Gasteiger partial charge >= 0.3 is 17.9 Å². The van der Waals surface area contributed by atoms with Crippen LogP contribution in [0, 0.1) is 0 Å². The Labute approximate surface area is 168 Å². The Morgan fingerprint density at radius 2 is 1.54 bits per heavy atom. The van der Waals surface area contributed by atoms with Crippen LogP contribution in [0.1, 0.15) is 26.3 Å². The van der Waals surface area contributed by atoms with Gasteiger partial charge in [-0.15, -0.1) is 0 Å². The molecule has 1 aliphatic rings. The van der Waals surface area contributed by atoms with Gasteiger partial charge in [0.25, 0.3) is 0 Å². The highest BCUT2D eigenvalue weighted by atomic mass is 35.5. The van der Waals surface area contributed by atoms with Crippen molar-refractivity contribution in [2.45, 2.75) is 57.4 Å². The molecule has 0 spiro atoms. The molecule has 0 saturated carbocycles. The summed E-state index contributed by atoms with van der Waals surface area (Å²) in [5.74, 6) is -1.71. The predicted octanol–water partition coefficient (Wildman–Crippen LogP) is 1.96. The van der Waals surface area contributed by atoms with Gasteiger partial charge in [-0.1, -0.05) is 41.9 Å². The minimum atomic E-state index is -1.09. The van der Waals surface area contributed by atoms with Crippen molar-refractivity contribution in [3.63, 3.8) is 0 Å². The van der Waals surface area contributed by atoms with Gasteiger partial charge in [0.1, 0.15) is 18.8 Å². The molecular formula is C19H23ClO8. The molecule has 0 aliphatic carbocycles. The molecule has 1 aromatic rings. The van der Waals surface area contributed by atoms with Crippen LogP contribution in [0.2, 0.25) is 0 Å². The average Bonchev–Trinajstić information content (AvgIpc) is 2.62. The number of carbonyl (C=O) groups is 3. The SMILES string of the molecule is CC(=O)OC[C@H]1O[C@H](Cl)[C@H](OC(C)=O)[C@@H](OCc2ccccc2)[C@@H]1OC(C)=O. The molecule has 0 radical (unpaired) electrons. The molecule has 0 unspecified atom stereocenters. The van der Waals surface area contributed by atoms with Crippen molar-refractivity contribution < 1.29 is 38.1 Å². The molecule has 9 heteroatoms. The maximum atomic E-state index is 11.6. The molecule has 0 bridgehead atoms. The van der Waals surface area contributed by atoms with Crippen LogP contribution >= 0.6 is 11.6 Å². The molecular weight excluding hydrogens is 392 g/mol. The van der Waals surface area contributed by atoms with E-state index in [0.29, 0.717) is 0 Å². The van der Waals surface area contributed by atoms with Crippen LogP contribution in [0.15, 0.2) is 30.3 Å². The second kappa shape index (κ2) is 10.4. The first-order valence-electron chi connectivity index (χ1n) is 8.70. The summed E-state index contributed by atoms with van der Waals surface area (Å²) in [6.45, 7) is 3.65. The van der Waals surface area contributed by atoms with Crippen LogP contribution in [0.5, 0.6) is 0 Å². The number of hydrogen-bond donors (Lipinski definition) is 0. The van der Waals surface area contributed by atoms with Crippen LogP contribution in [-0.2, 0) is 44.7 Å². The molecule has 5 atom stereocenters. The van der Waals surface area contributed by atoms with Gasteiger partial charge in [0.2, 0.25) is 0 Å². The minimum Gasteiger partial charge on any atom is -0.463 e. The Morgan fingerprint density at radius 3 is 2.11 bits per heavy atom. The molecule has 1 aliphatic heterocycles. The summed E-state index contributed by atoms with van der Waals surface area (Å²) in [5.41, 5.74) is -0.225. The normalized spacial score (nSPS) is 26.9. The second-order valence-electron chi connectivity index (χ2n) is 6.24. The Kier molecular flexibility index (Phi) is 8.22. The third-order valence-corrected chi connectivity index (χ3v) is 4.27. The summed E-state index contributed by atoms with van der Waals surface area (Å²) in [5, 5.41) is 0. The van der Waals surface area contributed by atoms with Gasteiger partial charge in [-0.25, -0.2) is 0 Å². The van der Waals surface area contributed by atoms with Crippen LogP contribution in [0.25, 0.3) is 0 Å². The Morgan fingerprint density at radius 1 is 0.929 bits per heavy atom. The van der Waals surface area contributed by atoms with E-state index >= 15 is 0 Å². The van der Waals surface area contributed by atoms with Crippen LogP contribution in [0.3, 0.4) is 0 Å². The van der Waals surface area contributed by atoms with E-state index in [4.69, 9.17) is 35.3 Å². The highest BCUT2D eigenvalue weighted by Crippen LogP contribution is 2.31. The number of hydrogen-bond acceptors (Lipinski definition) is 8. The number of rotatable bonds is 7. The van der Waals surface area contributed by atoms with Crippen molar-refractivity contribution in [1.29, 1.82) is 0 Å². The molecule has 0 N–H and O–H groups in total. The Bertz CT molecular complexity index is 680. The van der Waals surface area contributed by atoms with Gasteiger partial charge in [0.05, 0.1) is 6.61 Å². The lowest BCUT2D eigenvalue weighted by atomic mass is 9.99. The fourth-order valence-electron chi connectivity index (χ4n) is 2.81. The maximum Gasteiger partial charge on any atom is 0.303 e. The number of alkyl halides is 1. The zero-order valence-electron chi connectivity index (χ0n) is 15.8. The van der Waals surface area contributed by atoms with Crippen molar-refractivity contribution in [2.75, 3.05) is 6.61 Å². The first-order valence-corrected chi connectivity index (χ1v) is 9.14. The van der Waals surface area contributed by atoms with Gasteiger partial charge in [0, 0.05) is 20.8 Å². The molecule has 28 heavy (non-hydrogen) atoms. The monoisotopic (exact) mass is 414 g/mol. The van der Waals surface area contributed by atoms with Crippen molar-refractivity contribution in [3.8, 4) is 0 Å². The number of carbonyl (C=O) groups excluding carboxylic acids is 3. The first-order chi connectivity index (χ1) is 13.3. The fourth-order valence-corrected chi connectivity index (χ4v) is 3.13. The van der Waals surface area contributed by atoms with Crippen molar-refractivity contribution >= 4 is 29.5 Å². The third-order valence-electron chi connectivity index (χ3n) is 3.92. The number of halogens is 1. The molecule has 0 aromatic heterocycles. The van der Waals surface area contributed by atoms with E-state index in [2.05, 4.69) is 0 Å². The summed E-state index contributed by atoms with van der Waals surface area (Å²) in [7, 11) is 0. The summed E-state index contributed by atoms with van der Waals surface area (Å²) in [4.78, 5) is 34.4. The largest absolute Gasteiger partial charge is 0.463 e. The van der Waals surface area contributed by atoms with Gasteiger partial charge < -0.3 is 23.7 Å². The minimum absolute atomic E-state index is 0.158. The average molecular weight is 415 g/mol. The molecule has 1 aromatic carbocycles. The van der Waals surface area contributed by atoms with E-state index in [0.717, 1.165) is 5.56 Å². The first kappa shape index (κ1) is 22.1. The lowest BCUT2D eigenvalue weighted by Gasteiger charge is -2.43. The molecule has 1 fully saturated rings. The van der Waals surface area contributed by atoms with Crippen LogP contribution in [-0.4, -0.2) is 54.5 Å². The van der Waals surface area contributed by atoms with Gasteiger partial charge in [0.15, 0.2) is 17.8 Å². The Balaban J connectivity index is 2.26. The van der Waals surface area contributed by atoms with Crippen LogP contribution in [0.4, 0.5) is 0 Å². The summed E-state index contributed by atoms with van der Waals surface area (Å²) in [6, 6.07) is 9.28. The zero-order chi connectivity index (χ0) is 20.7. The van der Waals surface area contributed by atoms with Gasteiger partial charge in [-0.05, 0) is 5.56 Å². The maximum absolute atomic E-state index is 11.6. The highest BCUT2D eigenvalue weighted by Gasteiger charge is 2.50. The lowest BCUT2D eigenvalue weighted by Crippen LogP contribution is -2.60. The summed E-state index contributed by atoms with van der Waals surface area (Å²) in [6.07, 6.45) is -3.84. The second-order valence-corrected chi connectivity index (χ2v) is 6.67. The molecule has 2 rings (SSSR count). The van der Waals surface area contributed by atoms with E-state index in [1.54, 1.807) is 0 Å². The van der Waals surface area contributed by atoms with E-state index in [9.17, 15) is 14.4 Å². The Hall–Kier alpha value is -2.16. The zero-order valence-corrected chi connectivity index (χ0v) is 16.6. The lowest BCUT2D eigenvalue weighted by molar-refractivity contribution is -0.243. The number of ether oxygens (including phenoxy) is 5. The van der Waals surface area contributed by atoms with E-state index in [1.807, 2.05) is 30.3 Å². The molecule has 154 valence electrons. The number of esters is 3. The molecule has 8 nitrogen and oxygen atoms in total. The topological polar surface area (TPSA) is 97.4 Å². The molecule has 1 saturated heterocycles. The van der Waals surface area contributed by atoms with Crippen molar-refractivity contribution in [3.05, 3.63) is 35.9 Å². The summed E-state index contributed by atoms with van der Waals surface area (Å²) < 4.78 is 27.2. The van der Waals surface area contributed by atoms with Crippen LogP contribution < -0.4 is 0 Å². The molecule has 1 heterocycles. The third kappa shape index (κ3) is 6.47. The quantitative estimate of drug-likeness (QED) is 0.379. The van der Waals surface area contributed by atoms with E-state index in [1.165, 1.54) is 20.8 Å². The van der Waals surface area contributed by atoms with Gasteiger partial charge in [-0.2, -0.15) is 0 Å². The smallest absolute Gasteiger partial charge is 0.303 e. The van der Waals surface area contributed by atoms with Gasteiger partial charge in [-0.3, -0.25) is 14.4 Å². The van der Waals surface area contributed by atoms with E-state index < -0.39 is 47.9 Å². The predicted molar refractivity (Wildman–Crippen MR) is 97.3 cm³/mol. The van der Waals surface area contributed by atoms with Crippen molar-refractivity contribution in [2.24, 2.45) is 0 Å². The molecule has 0 amide bonds. The number of benzene rings is 1.